The summed E-state index contributed by atoms with van der Waals surface area (Å²) in [6, 6.07) is 1.81. The van der Waals surface area contributed by atoms with Gasteiger partial charge in [0, 0.05) is 31.4 Å². The molecule has 0 radical (unpaired) electrons. The number of nitrogens with zero attached hydrogens (tertiary/aromatic N) is 1. The van der Waals surface area contributed by atoms with Crippen LogP contribution in [0.2, 0.25) is 0 Å². The molecule has 6 heteroatoms. The highest BCUT2D eigenvalue weighted by molar-refractivity contribution is 6.27. The maximum atomic E-state index is 12.0. The standard InChI is InChI=1S/C12H16ClN3O2/c13-7-11(17)16-5-2-9(3-6-16)12(18)15-10-1-4-14-8-10/h1,4,8-9,14H,2-3,5-7H2,(H,15,18). The van der Waals surface area contributed by atoms with E-state index in [1.165, 1.54) is 0 Å². The van der Waals surface area contributed by atoms with Crippen molar-refractivity contribution in [3.05, 3.63) is 18.5 Å². The Morgan fingerprint density at radius 2 is 2.17 bits per heavy atom. The molecule has 2 rings (SSSR count). The first-order chi connectivity index (χ1) is 8.70. The van der Waals surface area contributed by atoms with E-state index in [0.29, 0.717) is 25.9 Å². The average Bonchev–Trinajstić information content (AvgIpc) is 2.91. The maximum absolute atomic E-state index is 12.0. The number of halogens is 1. The zero-order valence-corrected chi connectivity index (χ0v) is 10.7. The van der Waals surface area contributed by atoms with E-state index < -0.39 is 0 Å². The van der Waals surface area contributed by atoms with Crippen LogP contribution >= 0.6 is 11.6 Å². The topological polar surface area (TPSA) is 65.2 Å². The van der Waals surface area contributed by atoms with E-state index in [-0.39, 0.29) is 23.6 Å². The summed E-state index contributed by atoms with van der Waals surface area (Å²) in [5.74, 6) is -0.0479. The van der Waals surface area contributed by atoms with Crippen LogP contribution < -0.4 is 5.32 Å². The van der Waals surface area contributed by atoms with Crippen molar-refractivity contribution in [3.63, 3.8) is 0 Å². The molecule has 5 nitrogen and oxygen atoms in total. The van der Waals surface area contributed by atoms with Gasteiger partial charge in [0.05, 0.1) is 5.69 Å². The van der Waals surface area contributed by atoms with Crippen LogP contribution in [0.15, 0.2) is 18.5 Å². The van der Waals surface area contributed by atoms with Crippen molar-refractivity contribution < 1.29 is 9.59 Å². The minimum atomic E-state index is -0.0545. The smallest absolute Gasteiger partial charge is 0.237 e. The molecule has 0 atom stereocenters. The predicted octanol–water partition coefficient (Wildman–Crippen LogP) is 1.43. The number of amides is 2. The highest BCUT2D eigenvalue weighted by atomic mass is 35.5. The van der Waals surface area contributed by atoms with Crippen molar-refractivity contribution in [1.82, 2.24) is 9.88 Å². The largest absolute Gasteiger partial charge is 0.366 e. The Kier molecular flexibility index (Phi) is 4.25. The number of rotatable bonds is 3. The Bertz CT molecular complexity index is 411. The first-order valence-corrected chi connectivity index (χ1v) is 6.51. The van der Waals surface area contributed by atoms with Gasteiger partial charge in [-0.1, -0.05) is 0 Å². The molecule has 2 heterocycles. The molecule has 1 aliphatic rings. The first-order valence-electron chi connectivity index (χ1n) is 5.98. The lowest BCUT2D eigenvalue weighted by Crippen LogP contribution is -2.41. The van der Waals surface area contributed by atoms with Gasteiger partial charge in [-0.3, -0.25) is 9.59 Å². The molecule has 2 amide bonds. The van der Waals surface area contributed by atoms with Gasteiger partial charge in [0.2, 0.25) is 11.8 Å². The summed E-state index contributed by atoms with van der Waals surface area (Å²) in [6.45, 7) is 1.22. The molecular weight excluding hydrogens is 254 g/mol. The fourth-order valence-electron chi connectivity index (χ4n) is 2.12. The molecule has 18 heavy (non-hydrogen) atoms. The maximum Gasteiger partial charge on any atom is 0.237 e. The van der Waals surface area contributed by atoms with Gasteiger partial charge >= 0.3 is 0 Å². The number of aromatic nitrogens is 1. The quantitative estimate of drug-likeness (QED) is 0.816. The predicted molar refractivity (Wildman–Crippen MR) is 69.4 cm³/mol. The summed E-state index contributed by atoms with van der Waals surface area (Å²) in [5, 5.41) is 2.85. The van der Waals surface area contributed by atoms with Gasteiger partial charge in [0.25, 0.3) is 0 Å². The van der Waals surface area contributed by atoms with E-state index in [4.69, 9.17) is 11.6 Å². The van der Waals surface area contributed by atoms with E-state index in [0.717, 1.165) is 5.69 Å². The summed E-state index contributed by atoms with van der Waals surface area (Å²) in [5.41, 5.74) is 0.777. The summed E-state index contributed by atoms with van der Waals surface area (Å²) in [6.07, 6.45) is 4.89. The van der Waals surface area contributed by atoms with Crippen molar-refractivity contribution in [3.8, 4) is 0 Å². The highest BCUT2D eigenvalue weighted by Gasteiger charge is 2.26. The lowest BCUT2D eigenvalue weighted by Gasteiger charge is -2.30. The molecule has 98 valence electrons. The normalized spacial score (nSPS) is 16.6. The number of alkyl halides is 1. The molecule has 0 aliphatic carbocycles. The van der Waals surface area contributed by atoms with Crippen LogP contribution in [-0.4, -0.2) is 40.7 Å². The Morgan fingerprint density at radius 3 is 2.72 bits per heavy atom. The molecule has 0 bridgehead atoms. The van der Waals surface area contributed by atoms with E-state index in [1.54, 1.807) is 17.3 Å². The molecule has 0 spiro atoms. The first kappa shape index (κ1) is 13.0. The molecule has 1 aromatic rings. The van der Waals surface area contributed by atoms with Crippen LogP contribution in [0.1, 0.15) is 12.8 Å². The minimum Gasteiger partial charge on any atom is -0.366 e. The van der Waals surface area contributed by atoms with Crippen molar-refractivity contribution >= 4 is 29.1 Å². The number of carbonyl (C=O) groups is 2. The second-order valence-electron chi connectivity index (χ2n) is 4.38. The van der Waals surface area contributed by atoms with E-state index >= 15 is 0 Å². The fourth-order valence-corrected chi connectivity index (χ4v) is 2.29. The van der Waals surface area contributed by atoms with Gasteiger partial charge in [0.15, 0.2) is 0 Å². The molecule has 1 saturated heterocycles. The van der Waals surface area contributed by atoms with Crippen LogP contribution in [0.25, 0.3) is 0 Å². The van der Waals surface area contributed by atoms with E-state index in [2.05, 4.69) is 10.3 Å². The third-order valence-electron chi connectivity index (χ3n) is 3.20. The molecule has 0 unspecified atom stereocenters. The van der Waals surface area contributed by atoms with Gasteiger partial charge in [-0.25, -0.2) is 0 Å². The van der Waals surface area contributed by atoms with Crippen LogP contribution in [-0.2, 0) is 9.59 Å². The second kappa shape index (κ2) is 5.91. The molecule has 1 aliphatic heterocycles. The molecule has 0 aromatic carbocycles. The summed E-state index contributed by atoms with van der Waals surface area (Å²) >= 11 is 5.51. The van der Waals surface area contributed by atoms with Crippen molar-refractivity contribution in [1.29, 1.82) is 0 Å². The molecule has 1 fully saturated rings. The number of hydrogen-bond donors (Lipinski definition) is 2. The number of aromatic amines is 1. The number of hydrogen-bond acceptors (Lipinski definition) is 2. The summed E-state index contributed by atoms with van der Waals surface area (Å²) in [4.78, 5) is 27.9. The third kappa shape index (κ3) is 3.04. The summed E-state index contributed by atoms with van der Waals surface area (Å²) < 4.78 is 0. The van der Waals surface area contributed by atoms with Crippen LogP contribution in [0.3, 0.4) is 0 Å². The van der Waals surface area contributed by atoms with Crippen LogP contribution in [0, 0.1) is 5.92 Å². The van der Waals surface area contributed by atoms with Crippen LogP contribution in [0.5, 0.6) is 0 Å². The minimum absolute atomic E-state index is 0.0141. The molecule has 1 aromatic heterocycles. The lowest BCUT2D eigenvalue weighted by atomic mass is 9.96. The molecule has 0 saturated carbocycles. The van der Waals surface area contributed by atoms with Gasteiger partial charge in [-0.2, -0.15) is 0 Å². The van der Waals surface area contributed by atoms with Crippen molar-refractivity contribution in [2.45, 2.75) is 12.8 Å². The van der Waals surface area contributed by atoms with Gasteiger partial charge in [-0.15, -0.1) is 11.6 Å². The Morgan fingerprint density at radius 1 is 1.44 bits per heavy atom. The number of anilines is 1. The number of H-pyrrole nitrogens is 1. The monoisotopic (exact) mass is 269 g/mol. The second-order valence-corrected chi connectivity index (χ2v) is 4.64. The number of nitrogens with one attached hydrogen (secondary N) is 2. The van der Waals surface area contributed by atoms with Gasteiger partial charge in [-0.05, 0) is 18.9 Å². The zero-order chi connectivity index (χ0) is 13.0. The summed E-state index contributed by atoms with van der Waals surface area (Å²) in [7, 11) is 0. The third-order valence-corrected chi connectivity index (χ3v) is 3.43. The average molecular weight is 270 g/mol. The number of likely N-dealkylation sites (tertiary alicyclic amines) is 1. The zero-order valence-electron chi connectivity index (χ0n) is 9.99. The van der Waals surface area contributed by atoms with Crippen molar-refractivity contribution in [2.75, 3.05) is 24.3 Å². The number of piperidine rings is 1. The van der Waals surface area contributed by atoms with E-state index in [9.17, 15) is 9.59 Å². The Hall–Kier alpha value is -1.49. The Labute approximate surface area is 110 Å². The van der Waals surface area contributed by atoms with E-state index in [1.807, 2.05) is 6.07 Å². The van der Waals surface area contributed by atoms with Crippen molar-refractivity contribution in [2.24, 2.45) is 5.92 Å². The lowest BCUT2D eigenvalue weighted by molar-refractivity contribution is -0.132. The SMILES string of the molecule is O=C(Nc1cc[nH]c1)C1CCN(C(=O)CCl)CC1. The molecule has 2 N–H and O–H groups in total. The number of carbonyl (C=O) groups excluding carboxylic acids is 2. The Balaban J connectivity index is 1.82. The van der Waals surface area contributed by atoms with Gasteiger partial charge < -0.3 is 15.2 Å². The fraction of sp³-hybridized carbons (Fsp3) is 0.500. The van der Waals surface area contributed by atoms with Crippen LogP contribution in [0.4, 0.5) is 5.69 Å². The highest BCUT2D eigenvalue weighted by Crippen LogP contribution is 2.19. The van der Waals surface area contributed by atoms with Gasteiger partial charge in [0.1, 0.15) is 5.88 Å². The molecular formula is C12H16ClN3O2.